The summed E-state index contributed by atoms with van der Waals surface area (Å²) in [5, 5.41) is 9.67. The minimum atomic E-state index is -0.423. The highest BCUT2D eigenvalue weighted by molar-refractivity contribution is 6.03. The van der Waals surface area contributed by atoms with Gasteiger partial charge in [-0.2, -0.15) is 0 Å². The van der Waals surface area contributed by atoms with Gasteiger partial charge in [0.1, 0.15) is 5.69 Å². The Kier molecular flexibility index (Phi) is 4.09. The Morgan fingerprint density at radius 3 is 2.50 bits per heavy atom. The van der Waals surface area contributed by atoms with Crippen molar-refractivity contribution in [2.45, 2.75) is 13.8 Å². The molecule has 0 atom stereocenters. The molecule has 1 aromatic carbocycles. The van der Waals surface area contributed by atoms with Crippen LogP contribution in [0.3, 0.4) is 0 Å². The Hall–Kier alpha value is -2.70. The van der Waals surface area contributed by atoms with Crippen molar-refractivity contribution in [1.29, 1.82) is 0 Å². The molecule has 7 nitrogen and oxygen atoms in total. The summed E-state index contributed by atoms with van der Waals surface area (Å²) < 4.78 is 9.33. The summed E-state index contributed by atoms with van der Waals surface area (Å²) in [7, 11) is 0. The topological polar surface area (TPSA) is 94.3 Å². The van der Waals surface area contributed by atoms with Gasteiger partial charge in [0.2, 0.25) is 0 Å². The Bertz CT molecular complexity index is 619. The number of carbonyl (C=O) groups is 2. The number of nitrogens with one attached hydrogen (secondary N) is 1. The third-order valence-corrected chi connectivity index (χ3v) is 2.52. The lowest BCUT2D eigenvalue weighted by molar-refractivity contribution is 0.0526. The number of nitrogens with zero attached hydrogens (tertiary/aromatic N) is 2. The maximum atomic E-state index is 11.9. The minimum Gasteiger partial charge on any atom is -0.462 e. The highest BCUT2D eigenvalue weighted by Gasteiger charge is 2.15. The molecule has 20 heavy (non-hydrogen) atoms. The summed E-state index contributed by atoms with van der Waals surface area (Å²) in [4.78, 5) is 23.3. The molecule has 0 spiro atoms. The first-order valence-corrected chi connectivity index (χ1v) is 5.99. The van der Waals surface area contributed by atoms with Crippen LogP contribution in [0.1, 0.15) is 33.5 Å². The monoisotopic (exact) mass is 275 g/mol. The molecule has 0 aliphatic rings. The van der Waals surface area contributed by atoms with Gasteiger partial charge < -0.3 is 10.1 Å². The number of anilines is 1. The van der Waals surface area contributed by atoms with Gasteiger partial charge in [-0.1, -0.05) is 5.16 Å². The van der Waals surface area contributed by atoms with Crippen molar-refractivity contribution >= 4 is 17.6 Å². The van der Waals surface area contributed by atoms with E-state index in [1.807, 2.05) is 0 Å². The lowest BCUT2D eigenvalue weighted by Gasteiger charge is -2.05. The molecule has 1 heterocycles. The van der Waals surface area contributed by atoms with E-state index < -0.39 is 11.9 Å². The van der Waals surface area contributed by atoms with Crippen LogP contribution in [0, 0.1) is 6.92 Å². The average Bonchev–Trinajstić information content (AvgIpc) is 2.86. The van der Waals surface area contributed by atoms with Gasteiger partial charge in [0, 0.05) is 5.69 Å². The molecule has 2 aromatic rings. The Balaban J connectivity index is 2.06. The van der Waals surface area contributed by atoms with Gasteiger partial charge in [0.05, 0.1) is 12.2 Å². The van der Waals surface area contributed by atoms with Gasteiger partial charge in [0.15, 0.2) is 5.69 Å². The van der Waals surface area contributed by atoms with Crippen LogP contribution in [0.2, 0.25) is 0 Å². The molecule has 104 valence electrons. The van der Waals surface area contributed by atoms with Crippen LogP contribution >= 0.6 is 0 Å². The Labute approximate surface area is 114 Å². The fraction of sp³-hybridized carbons (Fsp3) is 0.231. The molecular formula is C13H13N3O4. The lowest BCUT2D eigenvalue weighted by Crippen LogP contribution is -2.13. The van der Waals surface area contributed by atoms with E-state index in [1.54, 1.807) is 38.1 Å². The van der Waals surface area contributed by atoms with Crippen molar-refractivity contribution in [3.05, 3.63) is 41.2 Å². The highest BCUT2D eigenvalue weighted by atomic mass is 16.6. The van der Waals surface area contributed by atoms with E-state index in [0.717, 1.165) is 0 Å². The van der Waals surface area contributed by atoms with Crippen LogP contribution in [0.5, 0.6) is 0 Å². The van der Waals surface area contributed by atoms with E-state index in [4.69, 9.17) is 4.74 Å². The Morgan fingerprint density at radius 2 is 1.95 bits per heavy atom. The van der Waals surface area contributed by atoms with Crippen LogP contribution in [0.15, 0.2) is 28.9 Å². The van der Waals surface area contributed by atoms with Gasteiger partial charge in [0.25, 0.3) is 5.91 Å². The third kappa shape index (κ3) is 3.00. The van der Waals surface area contributed by atoms with Gasteiger partial charge in [-0.3, -0.25) is 4.79 Å². The van der Waals surface area contributed by atoms with Crippen LogP contribution in [0.25, 0.3) is 0 Å². The number of aromatic nitrogens is 2. The molecule has 7 heteroatoms. The molecule has 1 N–H and O–H groups in total. The number of rotatable bonds is 4. The number of carbonyl (C=O) groups excluding carboxylic acids is 2. The number of aryl methyl sites for hydroxylation is 1. The van der Waals surface area contributed by atoms with Crippen molar-refractivity contribution < 1.29 is 19.0 Å². The molecule has 2 rings (SSSR count). The van der Waals surface area contributed by atoms with Crippen molar-refractivity contribution in [3.8, 4) is 0 Å². The van der Waals surface area contributed by atoms with E-state index in [-0.39, 0.29) is 5.69 Å². The zero-order valence-corrected chi connectivity index (χ0v) is 11.0. The average molecular weight is 275 g/mol. The number of ether oxygens (including phenoxy) is 1. The zero-order valence-electron chi connectivity index (χ0n) is 11.0. The summed E-state index contributed by atoms with van der Waals surface area (Å²) in [6.07, 6.45) is 0. The summed E-state index contributed by atoms with van der Waals surface area (Å²) in [5.74, 6) is -0.824. The molecule has 0 saturated heterocycles. The second-order valence-electron chi connectivity index (χ2n) is 3.95. The Morgan fingerprint density at radius 1 is 1.25 bits per heavy atom. The molecule has 0 fully saturated rings. The van der Waals surface area contributed by atoms with Crippen molar-refractivity contribution in [2.75, 3.05) is 11.9 Å². The predicted molar refractivity (Wildman–Crippen MR) is 69.4 cm³/mol. The summed E-state index contributed by atoms with van der Waals surface area (Å²) in [6, 6.07) is 6.35. The molecule has 0 bridgehead atoms. The van der Waals surface area contributed by atoms with Crippen LogP contribution in [-0.4, -0.2) is 28.8 Å². The molecule has 0 unspecified atom stereocenters. The SMILES string of the molecule is CCOC(=O)c1ccc(NC(=O)c2nonc2C)cc1. The maximum absolute atomic E-state index is 11.9. The molecular weight excluding hydrogens is 262 g/mol. The largest absolute Gasteiger partial charge is 0.462 e. The van der Waals surface area contributed by atoms with E-state index in [2.05, 4.69) is 20.3 Å². The molecule has 1 aromatic heterocycles. The summed E-state index contributed by atoms with van der Waals surface area (Å²) in [6.45, 7) is 3.67. The first-order valence-electron chi connectivity index (χ1n) is 5.99. The van der Waals surface area contributed by atoms with Gasteiger partial charge >= 0.3 is 5.97 Å². The normalized spacial score (nSPS) is 10.1. The first kappa shape index (κ1) is 13.7. The quantitative estimate of drug-likeness (QED) is 0.855. The van der Waals surface area contributed by atoms with E-state index in [1.165, 1.54) is 0 Å². The first-order chi connectivity index (χ1) is 9.61. The number of benzene rings is 1. The van der Waals surface area contributed by atoms with Gasteiger partial charge in [-0.25, -0.2) is 9.42 Å². The predicted octanol–water partition coefficient (Wildman–Crippen LogP) is 1.81. The van der Waals surface area contributed by atoms with Crippen LogP contribution in [0.4, 0.5) is 5.69 Å². The standard InChI is InChI=1S/C13H13N3O4/c1-3-19-13(18)9-4-6-10(7-5-9)14-12(17)11-8(2)15-20-16-11/h4-7H,3H2,1-2H3,(H,14,17). The highest BCUT2D eigenvalue weighted by Crippen LogP contribution is 2.12. The van der Waals surface area contributed by atoms with Crippen LogP contribution < -0.4 is 5.32 Å². The molecule has 0 aliphatic heterocycles. The number of amides is 1. The van der Waals surface area contributed by atoms with Gasteiger partial charge in [-0.05, 0) is 43.3 Å². The number of esters is 1. The van der Waals surface area contributed by atoms with Crippen LogP contribution in [-0.2, 0) is 4.74 Å². The third-order valence-electron chi connectivity index (χ3n) is 2.52. The van der Waals surface area contributed by atoms with Crippen molar-refractivity contribution in [1.82, 2.24) is 10.3 Å². The minimum absolute atomic E-state index is 0.125. The lowest BCUT2D eigenvalue weighted by atomic mass is 10.2. The zero-order chi connectivity index (χ0) is 14.5. The summed E-state index contributed by atoms with van der Waals surface area (Å²) >= 11 is 0. The van der Waals surface area contributed by atoms with Gasteiger partial charge in [-0.15, -0.1) is 0 Å². The number of hydrogen-bond donors (Lipinski definition) is 1. The molecule has 0 radical (unpaired) electrons. The molecule has 1 amide bonds. The van der Waals surface area contributed by atoms with E-state index >= 15 is 0 Å². The fourth-order valence-corrected chi connectivity index (χ4v) is 1.53. The molecule has 0 saturated carbocycles. The van der Waals surface area contributed by atoms with Crippen molar-refractivity contribution in [3.63, 3.8) is 0 Å². The van der Waals surface area contributed by atoms with E-state index in [9.17, 15) is 9.59 Å². The van der Waals surface area contributed by atoms with E-state index in [0.29, 0.717) is 23.6 Å². The molecule has 0 aliphatic carbocycles. The summed E-state index contributed by atoms with van der Waals surface area (Å²) in [5.41, 5.74) is 1.49. The second kappa shape index (κ2) is 5.96. The maximum Gasteiger partial charge on any atom is 0.338 e. The second-order valence-corrected chi connectivity index (χ2v) is 3.95. The fourth-order valence-electron chi connectivity index (χ4n) is 1.53. The van der Waals surface area contributed by atoms with Crippen molar-refractivity contribution in [2.24, 2.45) is 0 Å². The smallest absolute Gasteiger partial charge is 0.338 e. The number of hydrogen-bond acceptors (Lipinski definition) is 6.